The van der Waals surface area contributed by atoms with Crippen LogP contribution in [0.4, 0.5) is 0 Å². The molecule has 4 aromatic carbocycles. The van der Waals surface area contributed by atoms with Crippen LogP contribution in [0.3, 0.4) is 0 Å². The van der Waals surface area contributed by atoms with E-state index in [1.807, 2.05) is 66.7 Å². The van der Waals surface area contributed by atoms with Gasteiger partial charge in [-0.25, -0.2) is 0 Å². The van der Waals surface area contributed by atoms with Crippen molar-refractivity contribution in [2.45, 2.75) is 24.8 Å². The molecule has 2 heteroatoms. The second-order valence-corrected chi connectivity index (χ2v) is 8.93. The molecule has 0 N–H and O–H groups in total. The molecule has 4 aromatic rings. The zero-order valence-corrected chi connectivity index (χ0v) is 19.6. The highest BCUT2D eigenvalue weighted by atomic mass is 16.1. The summed E-state index contributed by atoms with van der Waals surface area (Å²) in [7, 11) is 4.15. The van der Waals surface area contributed by atoms with Gasteiger partial charge in [0, 0.05) is 11.6 Å². The van der Waals surface area contributed by atoms with Crippen LogP contribution in [-0.2, 0) is 5.41 Å². The Kier molecular flexibility index (Phi) is 6.86. The van der Waals surface area contributed by atoms with Gasteiger partial charge in [0.05, 0.1) is 5.41 Å². The van der Waals surface area contributed by atoms with Crippen LogP contribution in [0.5, 0.6) is 0 Å². The summed E-state index contributed by atoms with van der Waals surface area (Å²) in [5, 5.41) is 0. The first kappa shape index (κ1) is 22.7. The van der Waals surface area contributed by atoms with Gasteiger partial charge in [0.1, 0.15) is 0 Å². The molecule has 0 spiro atoms. The van der Waals surface area contributed by atoms with Crippen LogP contribution >= 0.6 is 0 Å². The number of rotatable bonds is 8. The van der Waals surface area contributed by atoms with Gasteiger partial charge in [-0.3, -0.25) is 4.79 Å². The Morgan fingerprint density at radius 2 is 1.09 bits per heavy atom. The maximum atomic E-state index is 14.5. The highest BCUT2D eigenvalue weighted by molar-refractivity contribution is 6.06. The Hall–Kier alpha value is -3.49. The predicted octanol–water partition coefficient (Wildman–Crippen LogP) is 6.86. The summed E-state index contributed by atoms with van der Waals surface area (Å²) in [5.74, 6) is 0.133. The molecule has 0 fully saturated rings. The van der Waals surface area contributed by atoms with Gasteiger partial charge in [-0.1, -0.05) is 115 Å². The van der Waals surface area contributed by atoms with Crippen molar-refractivity contribution in [2.75, 3.05) is 14.1 Å². The first-order chi connectivity index (χ1) is 16.0. The zero-order chi connectivity index (χ0) is 23.3. The minimum Gasteiger partial charge on any atom is -0.307 e. The van der Waals surface area contributed by atoms with Crippen molar-refractivity contribution in [1.29, 1.82) is 0 Å². The van der Waals surface area contributed by atoms with E-state index in [4.69, 9.17) is 0 Å². The van der Waals surface area contributed by atoms with Crippen LogP contribution in [0.1, 0.15) is 34.8 Å². The monoisotopic (exact) mass is 433 g/mol. The fraction of sp³-hybridized carbons (Fsp3) is 0.194. The molecular weight excluding hydrogens is 402 g/mol. The molecule has 33 heavy (non-hydrogen) atoms. The van der Waals surface area contributed by atoms with Gasteiger partial charge in [0.2, 0.25) is 0 Å². The van der Waals surface area contributed by atoms with Gasteiger partial charge < -0.3 is 4.90 Å². The summed E-state index contributed by atoms with van der Waals surface area (Å²) in [6.45, 7) is 2.19. The van der Waals surface area contributed by atoms with E-state index in [0.717, 1.165) is 27.8 Å². The largest absolute Gasteiger partial charge is 0.307 e. The van der Waals surface area contributed by atoms with E-state index >= 15 is 0 Å². The molecule has 2 nitrogen and oxygen atoms in total. The van der Waals surface area contributed by atoms with E-state index in [-0.39, 0.29) is 11.8 Å². The lowest BCUT2D eigenvalue weighted by Crippen LogP contribution is -2.43. The SMILES string of the molecule is C[C@@H](CC(C(=O)c1ccc(-c2ccccc2)cc1)(c1ccccc1)c1ccccc1)N(C)C. The van der Waals surface area contributed by atoms with Crippen molar-refractivity contribution in [2.24, 2.45) is 0 Å². The normalized spacial score (nSPS) is 12.5. The predicted molar refractivity (Wildman–Crippen MR) is 138 cm³/mol. The lowest BCUT2D eigenvalue weighted by Gasteiger charge is -2.38. The molecule has 0 aliphatic rings. The smallest absolute Gasteiger partial charge is 0.177 e. The number of carbonyl (C=O) groups excluding carboxylic acids is 1. The lowest BCUT2D eigenvalue weighted by atomic mass is 9.66. The van der Waals surface area contributed by atoms with Gasteiger partial charge >= 0.3 is 0 Å². The van der Waals surface area contributed by atoms with Gasteiger partial charge in [-0.2, -0.15) is 0 Å². The molecule has 0 amide bonds. The average Bonchev–Trinajstić information content (AvgIpc) is 2.88. The second-order valence-electron chi connectivity index (χ2n) is 8.93. The number of ketones is 1. The number of hydrogen-bond acceptors (Lipinski definition) is 2. The summed E-state index contributed by atoms with van der Waals surface area (Å²) in [6.07, 6.45) is 0.688. The minimum atomic E-state index is -0.777. The molecule has 0 aliphatic carbocycles. The highest BCUT2D eigenvalue weighted by Gasteiger charge is 2.43. The molecule has 0 heterocycles. The van der Waals surface area contributed by atoms with Gasteiger partial charge in [0.25, 0.3) is 0 Å². The third-order valence-electron chi connectivity index (χ3n) is 6.66. The minimum absolute atomic E-state index is 0.133. The first-order valence-corrected chi connectivity index (χ1v) is 11.5. The maximum Gasteiger partial charge on any atom is 0.177 e. The Morgan fingerprint density at radius 1 is 0.667 bits per heavy atom. The third-order valence-corrected chi connectivity index (χ3v) is 6.66. The summed E-state index contributed by atoms with van der Waals surface area (Å²) < 4.78 is 0. The zero-order valence-electron chi connectivity index (χ0n) is 19.6. The fourth-order valence-electron chi connectivity index (χ4n) is 4.52. The van der Waals surface area contributed by atoms with Crippen molar-refractivity contribution < 1.29 is 4.79 Å². The average molecular weight is 434 g/mol. The number of carbonyl (C=O) groups is 1. The van der Waals surface area contributed by atoms with Gasteiger partial charge in [-0.15, -0.1) is 0 Å². The van der Waals surface area contributed by atoms with Crippen LogP contribution in [-0.4, -0.2) is 30.8 Å². The topological polar surface area (TPSA) is 20.3 Å². The van der Waals surface area contributed by atoms with Crippen molar-refractivity contribution in [1.82, 2.24) is 4.90 Å². The fourth-order valence-corrected chi connectivity index (χ4v) is 4.52. The summed E-state index contributed by atoms with van der Waals surface area (Å²) >= 11 is 0. The molecule has 0 unspecified atom stereocenters. The molecule has 1 atom stereocenters. The number of benzene rings is 4. The Morgan fingerprint density at radius 3 is 1.55 bits per heavy atom. The maximum absolute atomic E-state index is 14.5. The van der Waals surface area contributed by atoms with Crippen molar-refractivity contribution in [3.8, 4) is 11.1 Å². The lowest BCUT2D eigenvalue weighted by molar-refractivity contribution is 0.0882. The molecule has 0 aliphatic heterocycles. The molecule has 0 radical (unpaired) electrons. The quantitative estimate of drug-likeness (QED) is 0.283. The molecular formula is C31H31NO. The number of Topliss-reactive ketones (excluding diaryl/α,β-unsaturated/α-hetero) is 1. The summed E-state index contributed by atoms with van der Waals surface area (Å²) in [6, 6.07) is 39.0. The van der Waals surface area contributed by atoms with Crippen LogP contribution < -0.4 is 0 Å². The van der Waals surface area contributed by atoms with E-state index in [0.29, 0.717) is 6.42 Å². The van der Waals surface area contributed by atoms with E-state index in [2.05, 4.69) is 74.4 Å². The van der Waals surface area contributed by atoms with Gasteiger partial charge in [-0.05, 0) is 49.7 Å². The van der Waals surface area contributed by atoms with Crippen LogP contribution in [0.15, 0.2) is 115 Å². The van der Waals surface area contributed by atoms with Crippen molar-refractivity contribution in [3.63, 3.8) is 0 Å². The number of nitrogens with zero attached hydrogens (tertiary/aromatic N) is 1. The summed E-state index contributed by atoms with van der Waals surface area (Å²) in [4.78, 5) is 16.6. The Balaban J connectivity index is 1.85. The van der Waals surface area contributed by atoms with E-state index in [1.165, 1.54) is 0 Å². The highest BCUT2D eigenvalue weighted by Crippen LogP contribution is 2.41. The molecule has 0 saturated heterocycles. The molecule has 166 valence electrons. The Labute approximate surface area is 197 Å². The number of hydrogen-bond donors (Lipinski definition) is 0. The van der Waals surface area contributed by atoms with E-state index in [1.54, 1.807) is 0 Å². The van der Waals surface area contributed by atoms with Crippen molar-refractivity contribution in [3.05, 3.63) is 132 Å². The van der Waals surface area contributed by atoms with Gasteiger partial charge in [0.15, 0.2) is 5.78 Å². The molecule has 0 aromatic heterocycles. The van der Waals surface area contributed by atoms with Crippen LogP contribution in [0, 0.1) is 0 Å². The van der Waals surface area contributed by atoms with Crippen LogP contribution in [0.2, 0.25) is 0 Å². The summed E-state index contributed by atoms with van der Waals surface area (Å²) in [5.41, 5.74) is 4.27. The first-order valence-electron chi connectivity index (χ1n) is 11.5. The van der Waals surface area contributed by atoms with E-state index in [9.17, 15) is 4.79 Å². The Bertz CT molecular complexity index is 1130. The molecule has 0 saturated carbocycles. The molecule has 0 bridgehead atoms. The van der Waals surface area contributed by atoms with Crippen molar-refractivity contribution >= 4 is 5.78 Å². The third kappa shape index (κ3) is 4.67. The standard InChI is InChI=1S/C31H31NO/c1-24(32(2)3)23-31(28-15-9-5-10-16-28,29-17-11-6-12-18-29)30(33)27-21-19-26(20-22-27)25-13-7-4-8-14-25/h4-22,24H,23H2,1-3H3/t24-/m0/s1. The van der Waals surface area contributed by atoms with Crippen LogP contribution in [0.25, 0.3) is 11.1 Å². The van der Waals surface area contributed by atoms with E-state index < -0.39 is 5.41 Å². The second kappa shape index (κ2) is 9.97. The molecule has 4 rings (SSSR count).